The molecule has 0 spiro atoms. The van der Waals surface area contributed by atoms with Gasteiger partial charge in [0.05, 0.1) is 13.7 Å². The molecule has 0 bridgehead atoms. The van der Waals surface area contributed by atoms with Gasteiger partial charge in [0.15, 0.2) is 0 Å². The van der Waals surface area contributed by atoms with Gasteiger partial charge in [0.25, 0.3) is 0 Å². The molecule has 0 unspecified atom stereocenters. The van der Waals surface area contributed by atoms with E-state index in [2.05, 4.69) is 0 Å². The highest BCUT2D eigenvalue weighted by atomic mass is 19.1. The molecule has 4 heteroatoms. The van der Waals surface area contributed by atoms with Crippen molar-refractivity contribution in [3.8, 4) is 5.75 Å². The average molecular weight is 241 g/mol. The first kappa shape index (κ1) is 13.9. The van der Waals surface area contributed by atoms with Crippen molar-refractivity contribution in [2.75, 3.05) is 20.3 Å². The highest BCUT2D eigenvalue weighted by Gasteiger charge is 2.12. The van der Waals surface area contributed by atoms with Crippen LogP contribution >= 0.6 is 0 Å². The molecule has 0 aromatic heterocycles. The van der Waals surface area contributed by atoms with Crippen LogP contribution < -0.4 is 4.74 Å². The minimum absolute atomic E-state index is 0.0793. The van der Waals surface area contributed by atoms with Crippen LogP contribution in [-0.4, -0.2) is 36.3 Å². The third kappa shape index (κ3) is 3.98. The first-order chi connectivity index (χ1) is 8.08. The molecule has 0 aliphatic heterocycles. The lowest BCUT2D eigenvalue weighted by Gasteiger charge is -2.25. The second-order valence-electron chi connectivity index (χ2n) is 4.25. The summed E-state index contributed by atoms with van der Waals surface area (Å²) < 4.78 is 18.7. The summed E-state index contributed by atoms with van der Waals surface area (Å²) in [5.41, 5.74) is 0.618. The van der Waals surface area contributed by atoms with E-state index in [1.807, 2.05) is 18.7 Å². The molecule has 0 aliphatic carbocycles. The molecule has 1 rings (SSSR count). The van der Waals surface area contributed by atoms with Crippen molar-refractivity contribution in [1.82, 2.24) is 4.90 Å². The maximum atomic E-state index is 13.7. The summed E-state index contributed by atoms with van der Waals surface area (Å²) in [7, 11) is 1.51. The fourth-order valence-electron chi connectivity index (χ4n) is 1.65. The predicted octanol–water partition coefficient (Wildman–Crippen LogP) is 2.04. The normalized spacial score (nSPS) is 11.2. The van der Waals surface area contributed by atoms with E-state index in [-0.39, 0.29) is 18.5 Å². The van der Waals surface area contributed by atoms with Gasteiger partial charge >= 0.3 is 0 Å². The molecule has 0 saturated carbocycles. The van der Waals surface area contributed by atoms with Gasteiger partial charge in [-0.05, 0) is 19.9 Å². The zero-order chi connectivity index (χ0) is 12.8. The van der Waals surface area contributed by atoms with Crippen LogP contribution in [0, 0.1) is 5.82 Å². The summed E-state index contributed by atoms with van der Waals surface area (Å²) in [6, 6.07) is 5.12. The Morgan fingerprint density at radius 3 is 2.59 bits per heavy atom. The number of aliphatic hydroxyl groups is 1. The smallest absolute Gasteiger partial charge is 0.131 e. The second kappa shape index (κ2) is 6.57. The van der Waals surface area contributed by atoms with Crippen molar-refractivity contribution in [2.24, 2.45) is 0 Å². The van der Waals surface area contributed by atoms with Gasteiger partial charge in [0, 0.05) is 30.8 Å². The molecule has 17 heavy (non-hydrogen) atoms. The minimum Gasteiger partial charge on any atom is -0.497 e. The van der Waals surface area contributed by atoms with Gasteiger partial charge in [-0.1, -0.05) is 6.07 Å². The van der Waals surface area contributed by atoms with E-state index in [1.165, 1.54) is 13.2 Å². The summed E-state index contributed by atoms with van der Waals surface area (Å²) in [5.74, 6) is 0.248. The summed E-state index contributed by atoms with van der Waals surface area (Å²) in [4.78, 5) is 2.02. The number of rotatable bonds is 6. The van der Waals surface area contributed by atoms with E-state index in [1.54, 1.807) is 12.1 Å². The Bertz CT molecular complexity index is 355. The molecule has 1 aromatic carbocycles. The lowest BCUT2D eigenvalue weighted by Crippen LogP contribution is -2.33. The first-order valence-electron chi connectivity index (χ1n) is 5.75. The maximum Gasteiger partial charge on any atom is 0.131 e. The number of ether oxygens (including phenoxy) is 1. The molecule has 0 atom stereocenters. The Kier molecular flexibility index (Phi) is 5.38. The quantitative estimate of drug-likeness (QED) is 0.827. The Labute approximate surface area is 102 Å². The number of halogens is 1. The molecule has 0 radical (unpaired) electrons. The molecular formula is C13H20FNO2. The van der Waals surface area contributed by atoms with Crippen molar-refractivity contribution in [1.29, 1.82) is 0 Å². The highest BCUT2D eigenvalue weighted by Crippen LogP contribution is 2.18. The van der Waals surface area contributed by atoms with Crippen LogP contribution in [0.25, 0.3) is 0 Å². The molecule has 96 valence electrons. The minimum atomic E-state index is -0.270. The lowest BCUT2D eigenvalue weighted by atomic mass is 10.1. The largest absolute Gasteiger partial charge is 0.497 e. The van der Waals surface area contributed by atoms with Gasteiger partial charge in [0.2, 0.25) is 0 Å². The van der Waals surface area contributed by atoms with Crippen molar-refractivity contribution in [3.05, 3.63) is 29.6 Å². The number of hydrogen-bond acceptors (Lipinski definition) is 3. The molecule has 1 aromatic rings. The topological polar surface area (TPSA) is 32.7 Å². The Balaban J connectivity index is 2.78. The fraction of sp³-hybridized carbons (Fsp3) is 0.538. The van der Waals surface area contributed by atoms with Crippen LogP contribution in [0.15, 0.2) is 18.2 Å². The third-order valence-corrected chi connectivity index (χ3v) is 2.75. The zero-order valence-corrected chi connectivity index (χ0v) is 10.6. The standard InChI is InChI=1S/C13H20FNO2/c1-10(2)15(6-7-16)9-11-4-5-12(17-3)8-13(11)14/h4-5,8,10,16H,6-7,9H2,1-3H3. The zero-order valence-electron chi connectivity index (χ0n) is 10.6. The van der Waals surface area contributed by atoms with Crippen LogP contribution in [0.3, 0.4) is 0 Å². The van der Waals surface area contributed by atoms with Crippen molar-refractivity contribution >= 4 is 0 Å². The van der Waals surface area contributed by atoms with E-state index in [4.69, 9.17) is 9.84 Å². The lowest BCUT2D eigenvalue weighted by molar-refractivity contribution is 0.158. The maximum absolute atomic E-state index is 13.7. The predicted molar refractivity (Wildman–Crippen MR) is 65.6 cm³/mol. The van der Waals surface area contributed by atoms with E-state index < -0.39 is 0 Å². The van der Waals surface area contributed by atoms with Gasteiger partial charge < -0.3 is 9.84 Å². The van der Waals surface area contributed by atoms with Gasteiger partial charge in [-0.2, -0.15) is 0 Å². The second-order valence-corrected chi connectivity index (χ2v) is 4.25. The molecule has 0 aliphatic rings. The van der Waals surface area contributed by atoms with Crippen LogP contribution in [0.2, 0.25) is 0 Å². The van der Waals surface area contributed by atoms with Gasteiger partial charge in [0.1, 0.15) is 11.6 Å². The third-order valence-electron chi connectivity index (χ3n) is 2.75. The first-order valence-corrected chi connectivity index (χ1v) is 5.75. The van der Waals surface area contributed by atoms with E-state index in [0.717, 1.165) is 0 Å². The summed E-state index contributed by atoms with van der Waals surface area (Å²) in [5, 5.41) is 8.96. The van der Waals surface area contributed by atoms with Gasteiger partial charge in [-0.15, -0.1) is 0 Å². The van der Waals surface area contributed by atoms with Gasteiger partial charge in [-0.25, -0.2) is 4.39 Å². The number of hydrogen-bond donors (Lipinski definition) is 1. The molecule has 0 fully saturated rings. The van der Waals surface area contributed by atoms with Gasteiger partial charge in [-0.3, -0.25) is 4.90 Å². The number of methoxy groups -OCH3 is 1. The highest BCUT2D eigenvalue weighted by molar-refractivity contribution is 5.28. The summed E-state index contributed by atoms with van der Waals surface area (Å²) >= 11 is 0. The van der Waals surface area contributed by atoms with Crippen LogP contribution in [0.1, 0.15) is 19.4 Å². The van der Waals surface area contributed by atoms with Crippen LogP contribution in [0.5, 0.6) is 5.75 Å². The molecule has 0 heterocycles. The Morgan fingerprint density at radius 1 is 1.41 bits per heavy atom. The molecular weight excluding hydrogens is 221 g/mol. The molecule has 0 saturated heterocycles. The Hall–Kier alpha value is -1.13. The van der Waals surface area contributed by atoms with E-state index in [9.17, 15) is 4.39 Å². The summed E-state index contributed by atoms with van der Waals surface area (Å²) in [6.45, 7) is 5.17. The monoisotopic (exact) mass is 241 g/mol. The van der Waals surface area contributed by atoms with Crippen LogP contribution in [0.4, 0.5) is 4.39 Å². The number of aliphatic hydroxyl groups excluding tert-OH is 1. The average Bonchev–Trinajstić information content (AvgIpc) is 2.30. The fourth-order valence-corrected chi connectivity index (χ4v) is 1.65. The Morgan fingerprint density at radius 2 is 2.12 bits per heavy atom. The molecule has 0 amide bonds. The van der Waals surface area contributed by atoms with Crippen molar-refractivity contribution in [2.45, 2.75) is 26.4 Å². The SMILES string of the molecule is COc1ccc(CN(CCO)C(C)C)c(F)c1. The van der Waals surface area contributed by atoms with E-state index >= 15 is 0 Å². The number of nitrogens with zero attached hydrogens (tertiary/aromatic N) is 1. The van der Waals surface area contributed by atoms with Crippen LogP contribution in [-0.2, 0) is 6.54 Å². The van der Waals surface area contributed by atoms with Crippen molar-refractivity contribution in [3.63, 3.8) is 0 Å². The number of benzene rings is 1. The molecule has 1 N–H and O–H groups in total. The van der Waals surface area contributed by atoms with Crippen molar-refractivity contribution < 1.29 is 14.2 Å². The van der Waals surface area contributed by atoms with E-state index in [0.29, 0.717) is 24.4 Å². The molecule has 3 nitrogen and oxygen atoms in total. The summed E-state index contributed by atoms with van der Waals surface area (Å²) in [6.07, 6.45) is 0.